The summed E-state index contributed by atoms with van der Waals surface area (Å²) in [4.78, 5) is 28.8. The first-order chi connectivity index (χ1) is 13.2. The van der Waals surface area contributed by atoms with Gasteiger partial charge in [0.15, 0.2) is 0 Å². The third-order valence-electron chi connectivity index (χ3n) is 4.08. The van der Waals surface area contributed by atoms with E-state index in [2.05, 4.69) is 4.98 Å². The molecule has 0 unspecified atom stereocenters. The van der Waals surface area contributed by atoms with Crippen LogP contribution in [0, 0.1) is 0 Å². The van der Waals surface area contributed by atoms with Crippen molar-refractivity contribution in [2.45, 2.75) is 13.8 Å². The summed E-state index contributed by atoms with van der Waals surface area (Å²) >= 11 is 0. The van der Waals surface area contributed by atoms with Crippen LogP contribution in [0.15, 0.2) is 60.7 Å². The van der Waals surface area contributed by atoms with Gasteiger partial charge in [0.1, 0.15) is 11.1 Å². The Balaban J connectivity index is 2.30. The van der Waals surface area contributed by atoms with Gasteiger partial charge < -0.3 is 14.5 Å². The smallest absolute Gasteiger partial charge is 0.341 e. The van der Waals surface area contributed by atoms with Gasteiger partial charge in [0.05, 0.1) is 24.6 Å². The molecule has 5 heteroatoms. The highest BCUT2D eigenvalue weighted by atomic mass is 16.5. The lowest BCUT2D eigenvalue weighted by Crippen LogP contribution is -2.13. The number of aromatic amines is 1. The van der Waals surface area contributed by atoms with Crippen LogP contribution in [0.5, 0.6) is 0 Å². The number of carbonyl (C=O) groups is 2. The van der Waals surface area contributed by atoms with Gasteiger partial charge in [0.2, 0.25) is 0 Å². The molecule has 5 nitrogen and oxygen atoms in total. The largest absolute Gasteiger partial charge is 0.462 e. The lowest BCUT2D eigenvalue weighted by atomic mass is 10.0. The summed E-state index contributed by atoms with van der Waals surface area (Å²) in [6, 6.07) is 18.8. The van der Waals surface area contributed by atoms with Crippen LogP contribution in [0.25, 0.3) is 22.5 Å². The molecule has 1 N–H and O–H groups in total. The van der Waals surface area contributed by atoms with Crippen LogP contribution >= 0.6 is 0 Å². The predicted molar refractivity (Wildman–Crippen MR) is 104 cm³/mol. The van der Waals surface area contributed by atoms with Gasteiger partial charge in [-0.2, -0.15) is 0 Å². The summed E-state index contributed by atoms with van der Waals surface area (Å²) in [5, 5.41) is 0. The molecule has 0 fully saturated rings. The Kier molecular flexibility index (Phi) is 5.71. The van der Waals surface area contributed by atoms with E-state index in [4.69, 9.17) is 9.47 Å². The van der Waals surface area contributed by atoms with Crippen LogP contribution in [-0.2, 0) is 9.47 Å². The molecule has 27 heavy (non-hydrogen) atoms. The summed E-state index contributed by atoms with van der Waals surface area (Å²) in [6.07, 6.45) is 0. The molecule has 0 bridgehead atoms. The number of esters is 2. The van der Waals surface area contributed by atoms with E-state index in [1.54, 1.807) is 13.8 Å². The highest BCUT2D eigenvalue weighted by molar-refractivity contribution is 6.11. The molecule has 0 aliphatic heterocycles. The third-order valence-corrected chi connectivity index (χ3v) is 4.08. The van der Waals surface area contributed by atoms with E-state index in [9.17, 15) is 9.59 Å². The van der Waals surface area contributed by atoms with Crippen molar-refractivity contribution in [1.82, 2.24) is 4.98 Å². The zero-order valence-corrected chi connectivity index (χ0v) is 15.3. The lowest BCUT2D eigenvalue weighted by molar-refractivity contribution is 0.0481. The van der Waals surface area contributed by atoms with Crippen LogP contribution < -0.4 is 0 Å². The first kappa shape index (κ1) is 18.5. The fraction of sp³-hybridized carbons (Fsp3) is 0.182. The number of H-pyrrole nitrogens is 1. The van der Waals surface area contributed by atoms with Crippen molar-refractivity contribution < 1.29 is 19.1 Å². The number of hydrogen-bond donors (Lipinski definition) is 1. The SMILES string of the molecule is CCOC(=O)c1c(-c2ccccc2)[nH]c(-c2ccccc2)c1C(=O)OCC. The van der Waals surface area contributed by atoms with Crippen LogP contribution in [0.2, 0.25) is 0 Å². The number of hydrogen-bond acceptors (Lipinski definition) is 4. The standard InChI is InChI=1S/C22H21NO4/c1-3-26-21(24)17-18(22(25)27-4-2)20(16-13-9-6-10-14-16)23-19(17)15-11-7-5-8-12-15/h5-14,23H,3-4H2,1-2H3. The Bertz CT molecular complexity index is 854. The molecule has 0 aliphatic carbocycles. The number of ether oxygens (including phenoxy) is 2. The van der Waals surface area contributed by atoms with E-state index in [0.717, 1.165) is 11.1 Å². The summed E-state index contributed by atoms with van der Waals surface area (Å²) < 4.78 is 10.5. The van der Waals surface area contributed by atoms with Gasteiger partial charge in [-0.05, 0) is 25.0 Å². The molecule has 1 heterocycles. The van der Waals surface area contributed by atoms with E-state index in [1.165, 1.54) is 0 Å². The molecule has 2 aromatic carbocycles. The maximum atomic E-state index is 12.8. The molecule has 0 aliphatic rings. The van der Waals surface area contributed by atoms with Crippen LogP contribution in [0.1, 0.15) is 34.6 Å². The molecular formula is C22H21NO4. The first-order valence-corrected chi connectivity index (χ1v) is 8.88. The molecule has 0 amide bonds. The van der Waals surface area contributed by atoms with E-state index < -0.39 is 11.9 Å². The van der Waals surface area contributed by atoms with E-state index in [-0.39, 0.29) is 24.3 Å². The Morgan fingerprint density at radius 1 is 0.704 bits per heavy atom. The lowest BCUT2D eigenvalue weighted by Gasteiger charge is -2.08. The first-order valence-electron chi connectivity index (χ1n) is 8.88. The number of rotatable bonds is 6. The van der Waals surface area contributed by atoms with Crippen molar-refractivity contribution >= 4 is 11.9 Å². The fourth-order valence-corrected chi connectivity index (χ4v) is 2.96. The quantitative estimate of drug-likeness (QED) is 0.645. The highest BCUT2D eigenvalue weighted by Gasteiger charge is 2.30. The zero-order valence-electron chi connectivity index (χ0n) is 15.3. The molecule has 0 spiro atoms. The second kappa shape index (κ2) is 8.36. The van der Waals surface area contributed by atoms with Gasteiger partial charge in [-0.15, -0.1) is 0 Å². The van der Waals surface area contributed by atoms with E-state index >= 15 is 0 Å². The van der Waals surface area contributed by atoms with Crippen LogP contribution in [-0.4, -0.2) is 30.1 Å². The topological polar surface area (TPSA) is 68.4 Å². The molecular weight excluding hydrogens is 342 g/mol. The predicted octanol–water partition coefficient (Wildman–Crippen LogP) is 4.70. The Hall–Kier alpha value is -3.34. The Morgan fingerprint density at radius 2 is 1.07 bits per heavy atom. The summed E-state index contributed by atoms with van der Waals surface area (Å²) in [7, 11) is 0. The minimum atomic E-state index is -0.558. The van der Waals surface area contributed by atoms with Crippen molar-refractivity contribution in [3.05, 3.63) is 71.8 Å². The molecule has 3 rings (SSSR count). The van der Waals surface area contributed by atoms with Crippen LogP contribution in [0.3, 0.4) is 0 Å². The van der Waals surface area contributed by atoms with Crippen molar-refractivity contribution in [2.24, 2.45) is 0 Å². The number of aromatic nitrogens is 1. The van der Waals surface area contributed by atoms with Crippen molar-refractivity contribution in [3.63, 3.8) is 0 Å². The second-order valence-electron chi connectivity index (χ2n) is 5.80. The highest BCUT2D eigenvalue weighted by Crippen LogP contribution is 2.35. The molecule has 0 atom stereocenters. The van der Waals surface area contributed by atoms with E-state index in [1.807, 2.05) is 60.7 Å². The monoisotopic (exact) mass is 363 g/mol. The van der Waals surface area contributed by atoms with Crippen LogP contribution in [0.4, 0.5) is 0 Å². The molecule has 3 aromatic rings. The third kappa shape index (κ3) is 3.77. The minimum absolute atomic E-state index is 0.195. The fourth-order valence-electron chi connectivity index (χ4n) is 2.96. The molecule has 0 saturated carbocycles. The van der Waals surface area contributed by atoms with Gasteiger partial charge in [-0.3, -0.25) is 0 Å². The summed E-state index contributed by atoms with van der Waals surface area (Å²) in [5.74, 6) is -1.12. The average Bonchev–Trinajstić information content (AvgIpc) is 3.10. The number of carbonyl (C=O) groups excluding carboxylic acids is 2. The zero-order chi connectivity index (χ0) is 19.2. The number of nitrogens with one attached hydrogen (secondary N) is 1. The van der Waals surface area contributed by atoms with Gasteiger partial charge in [0.25, 0.3) is 0 Å². The Labute approximate surface area is 157 Å². The van der Waals surface area contributed by atoms with Gasteiger partial charge in [0, 0.05) is 0 Å². The van der Waals surface area contributed by atoms with Crippen molar-refractivity contribution in [2.75, 3.05) is 13.2 Å². The van der Waals surface area contributed by atoms with E-state index in [0.29, 0.717) is 11.4 Å². The molecule has 138 valence electrons. The molecule has 0 saturated heterocycles. The average molecular weight is 363 g/mol. The summed E-state index contributed by atoms with van der Waals surface area (Å²) in [6.45, 7) is 3.88. The molecule has 0 radical (unpaired) electrons. The molecule has 1 aromatic heterocycles. The maximum absolute atomic E-state index is 12.8. The number of benzene rings is 2. The maximum Gasteiger partial charge on any atom is 0.341 e. The summed E-state index contributed by atoms with van der Waals surface area (Å²) in [5.41, 5.74) is 3.04. The Morgan fingerprint density at radius 3 is 1.41 bits per heavy atom. The van der Waals surface area contributed by atoms with Crippen molar-refractivity contribution in [3.8, 4) is 22.5 Å². The van der Waals surface area contributed by atoms with Gasteiger partial charge in [-0.25, -0.2) is 9.59 Å². The minimum Gasteiger partial charge on any atom is -0.462 e. The van der Waals surface area contributed by atoms with Gasteiger partial charge in [-0.1, -0.05) is 60.7 Å². The van der Waals surface area contributed by atoms with Gasteiger partial charge >= 0.3 is 11.9 Å². The van der Waals surface area contributed by atoms with Crippen molar-refractivity contribution in [1.29, 1.82) is 0 Å². The normalized spacial score (nSPS) is 10.4. The second-order valence-corrected chi connectivity index (χ2v) is 5.80.